The summed E-state index contributed by atoms with van der Waals surface area (Å²) in [5.74, 6) is 0.643. The van der Waals surface area contributed by atoms with E-state index in [9.17, 15) is 4.79 Å². The molecule has 1 fully saturated rings. The predicted molar refractivity (Wildman–Crippen MR) is 125 cm³/mol. The van der Waals surface area contributed by atoms with Crippen molar-refractivity contribution >= 4 is 29.7 Å². The van der Waals surface area contributed by atoms with Gasteiger partial charge in [0, 0.05) is 36.3 Å². The van der Waals surface area contributed by atoms with Crippen LogP contribution < -0.4 is 5.32 Å². The first-order valence-corrected chi connectivity index (χ1v) is 11.2. The molecule has 0 atom stereocenters. The van der Waals surface area contributed by atoms with Crippen LogP contribution in [-0.2, 0) is 17.9 Å². The molecule has 0 spiro atoms. The van der Waals surface area contributed by atoms with Crippen LogP contribution in [0.25, 0.3) is 11.4 Å². The summed E-state index contributed by atoms with van der Waals surface area (Å²) in [6, 6.07) is 16.2. The monoisotopic (exact) mass is 455 g/mol. The Bertz CT molecular complexity index is 1100. The molecule has 2 N–H and O–H groups in total. The maximum absolute atomic E-state index is 12.7. The summed E-state index contributed by atoms with van der Waals surface area (Å²) in [5.41, 5.74) is 3.33. The Hall–Kier alpha value is -2.48. The first kappa shape index (κ1) is 21.7. The lowest BCUT2D eigenvalue weighted by Crippen LogP contribution is -2.45. The minimum Gasteiger partial charge on any atom is -0.352 e. The number of hydrogen-bond donors (Lipinski definition) is 2. The summed E-state index contributed by atoms with van der Waals surface area (Å²) < 4.78 is 2.21. The van der Waals surface area contributed by atoms with E-state index < -0.39 is 0 Å². The van der Waals surface area contributed by atoms with E-state index in [0.29, 0.717) is 10.6 Å². The molecule has 2 aromatic carbocycles. The standard InChI is InChI=1S/C23H26ClN5OS/c1-16-3-2-4-18(13-16)22-26-27-23(31)29(22)15-21(30)25-20-9-11-28(12-10-20)14-17-5-7-19(24)8-6-17/h2-8,13,20H,9-12,14-15H2,1H3,(H,25,30)(H,27,31). The van der Waals surface area contributed by atoms with Crippen LogP contribution in [0.15, 0.2) is 48.5 Å². The molecule has 162 valence electrons. The van der Waals surface area contributed by atoms with Crippen LogP contribution in [0.3, 0.4) is 0 Å². The molecule has 3 aromatic rings. The second-order valence-corrected chi connectivity index (χ2v) is 8.88. The maximum Gasteiger partial charge on any atom is 0.240 e. The number of aryl methyl sites for hydroxylation is 1. The molecule has 31 heavy (non-hydrogen) atoms. The fourth-order valence-electron chi connectivity index (χ4n) is 3.97. The van der Waals surface area contributed by atoms with Gasteiger partial charge in [0.2, 0.25) is 5.91 Å². The Morgan fingerprint density at radius 2 is 1.97 bits per heavy atom. The van der Waals surface area contributed by atoms with Gasteiger partial charge in [0.1, 0.15) is 6.54 Å². The second kappa shape index (κ2) is 9.77. The third-order valence-corrected chi connectivity index (χ3v) is 6.17. The Morgan fingerprint density at radius 3 is 2.68 bits per heavy atom. The van der Waals surface area contributed by atoms with E-state index in [2.05, 4.69) is 32.5 Å². The van der Waals surface area contributed by atoms with Crippen LogP contribution in [0.2, 0.25) is 5.02 Å². The zero-order valence-electron chi connectivity index (χ0n) is 17.5. The highest BCUT2D eigenvalue weighted by Gasteiger charge is 2.21. The maximum atomic E-state index is 12.7. The highest BCUT2D eigenvalue weighted by atomic mass is 35.5. The molecule has 2 heterocycles. The first-order chi connectivity index (χ1) is 15.0. The van der Waals surface area contributed by atoms with E-state index in [4.69, 9.17) is 23.8 Å². The smallest absolute Gasteiger partial charge is 0.240 e. The molecule has 1 amide bonds. The molecule has 0 saturated carbocycles. The Kier molecular flexibility index (Phi) is 6.85. The molecule has 6 nitrogen and oxygen atoms in total. The van der Waals surface area contributed by atoms with E-state index in [1.807, 2.05) is 43.3 Å². The van der Waals surface area contributed by atoms with Gasteiger partial charge >= 0.3 is 0 Å². The van der Waals surface area contributed by atoms with Crippen molar-refractivity contribution in [3.63, 3.8) is 0 Å². The Labute approximate surface area is 192 Å². The normalized spacial score (nSPS) is 15.2. The molecule has 1 saturated heterocycles. The molecule has 0 radical (unpaired) electrons. The van der Waals surface area contributed by atoms with E-state index in [1.54, 1.807) is 4.57 Å². The van der Waals surface area contributed by atoms with Gasteiger partial charge in [0.15, 0.2) is 10.6 Å². The average Bonchev–Trinajstić information content (AvgIpc) is 3.11. The van der Waals surface area contributed by atoms with Gasteiger partial charge in [-0.1, -0.05) is 47.5 Å². The number of piperidine rings is 1. The van der Waals surface area contributed by atoms with Crippen LogP contribution in [0.4, 0.5) is 0 Å². The molecular formula is C23H26ClN5OS. The van der Waals surface area contributed by atoms with E-state index in [1.165, 1.54) is 5.56 Å². The van der Waals surface area contributed by atoms with E-state index in [0.717, 1.165) is 48.6 Å². The second-order valence-electron chi connectivity index (χ2n) is 8.05. The van der Waals surface area contributed by atoms with Gasteiger partial charge in [-0.2, -0.15) is 5.10 Å². The molecule has 4 rings (SSSR count). The number of halogens is 1. The van der Waals surface area contributed by atoms with Gasteiger partial charge < -0.3 is 5.32 Å². The zero-order valence-corrected chi connectivity index (χ0v) is 19.0. The summed E-state index contributed by atoms with van der Waals surface area (Å²) in [4.78, 5) is 15.2. The van der Waals surface area contributed by atoms with Crippen molar-refractivity contribution < 1.29 is 4.79 Å². The molecule has 0 bridgehead atoms. The number of nitrogens with zero attached hydrogens (tertiary/aromatic N) is 3. The van der Waals surface area contributed by atoms with Crippen molar-refractivity contribution in [1.82, 2.24) is 25.0 Å². The molecular weight excluding hydrogens is 430 g/mol. The third kappa shape index (κ3) is 5.61. The largest absolute Gasteiger partial charge is 0.352 e. The van der Waals surface area contributed by atoms with Crippen molar-refractivity contribution in [2.75, 3.05) is 13.1 Å². The minimum atomic E-state index is -0.0393. The highest BCUT2D eigenvalue weighted by molar-refractivity contribution is 7.71. The lowest BCUT2D eigenvalue weighted by atomic mass is 10.0. The van der Waals surface area contributed by atoms with Crippen LogP contribution in [-0.4, -0.2) is 44.7 Å². The molecule has 8 heteroatoms. The van der Waals surface area contributed by atoms with Crippen molar-refractivity contribution in [3.05, 3.63) is 69.5 Å². The van der Waals surface area contributed by atoms with Gasteiger partial charge in [-0.3, -0.25) is 19.4 Å². The molecule has 0 aliphatic carbocycles. The topological polar surface area (TPSA) is 66.0 Å². The van der Waals surface area contributed by atoms with Crippen LogP contribution in [0.5, 0.6) is 0 Å². The summed E-state index contributed by atoms with van der Waals surface area (Å²) in [6.45, 7) is 4.99. The summed E-state index contributed by atoms with van der Waals surface area (Å²) >= 11 is 11.3. The summed E-state index contributed by atoms with van der Waals surface area (Å²) in [5, 5.41) is 11.1. The van der Waals surface area contributed by atoms with Gasteiger partial charge in [-0.05, 0) is 55.7 Å². The molecule has 1 aliphatic heterocycles. The number of H-pyrrole nitrogens is 1. The van der Waals surface area contributed by atoms with Gasteiger partial charge in [-0.25, -0.2) is 0 Å². The van der Waals surface area contributed by atoms with Crippen molar-refractivity contribution in [3.8, 4) is 11.4 Å². The average molecular weight is 456 g/mol. The number of carbonyl (C=O) groups is 1. The Morgan fingerprint density at radius 1 is 1.23 bits per heavy atom. The fraction of sp³-hybridized carbons (Fsp3) is 0.348. The number of aromatic nitrogens is 3. The predicted octanol–water partition coefficient (Wildman–Crippen LogP) is 4.35. The number of aromatic amines is 1. The van der Waals surface area contributed by atoms with Gasteiger partial charge in [0.05, 0.1) is 0 Å². The summed E-state index contributed by atoms with van der Waals surface area (Å²) in [6.07, 6.45) is 1.86. The van der Waals surface area contributed by atoms with E-state index >= 15 is 0 Å². The molecule has 0 unspecified atom stereocenters. The Balaban J connectivity index is 1.32. The van der Waals surface area contributed by atoms with E-state index in [-0.39, 0.29) is 18.5 Å². The lowest BCUT2D eigenvalue weighted by molar-refractivity contribution is -0.122. The third-order valence-electron chi connectivity index (χ3n) is 5.61. The highest BCUT2D eigenvalue weighted by Crippen LogP contribution is 2.19. The number of benzene rings is 2. The van der Waals surface area contributed by atoms with Gasteiger partial charge in [-0.15, -0.1) is 0 Å². The SMILES string of the molecule is Cc1cccc(-c2n[nH]c(=S)n2CC(=O)NC2CCN(Cc3ccc(Cl)cc3)CC2)c1. The first-order valence-electron chi connectivity index (χ1n) is 10.5. The number of rotatable bonds is 6. The quantitative estimate of drug-likeness (QED) is 0.542. The number of nitrogens with one attached hydrogen (secondary N) is 2. The molecule has 1 aromatic heterocycles. The summed E-state index contributed by atoms with van der Waals surface area (Å²) in [7, 11) is 0. The van der Waals surface area contributed by atoms with Crippen molar-refractivity contribution in [1.29, 1.82) is 0 Å². The van der Waals surface area contributed by atoms with Crippen LogP contribution in [0.1, 0.15) is 24.0 Å². The molecule has 1 aliphatic rings. The van der Waals surface area contributed by atoms with Crippen molar-refractivity contribution in [2.24, 2.45) is 0 Å². The number of amides is 1. The number of likely N-dealkylation sites (tertiary alicyclic amines) is 1. The fourth-order valence-corrected chi connectivity index (χ4v) is 4.29. The van der Waals surface area contributed by atoms with Gasteiger partial charge in [0.25, 0.3) is 0 Å². The van der Waals surface area contributed by atoms with Crippen LogP contribution >= 0.6 is 23.8 Å². The number of hydrogen-bond acceptors (Lipinski definition) is 4. The lowest BCUT2D eigenvalue weighted by Gasteiger charge is -2.32. The van der Waals surface area contributed by atoms with Crippen molar-refractivity contribution in [2.45, 2.75) is 38.9 Å². The van der Waals surface area contributed by atoms with Crippen LogP contribution in [0, 0.1) is 11.7 Å². The number of carbonyl (C=O) groups excluding carboxylic acids is 1. The zero-order chi connectivity index (χ0) is 21.8. The minimum absolute atomic E-state index is 0.0393.